The van der Waals surface area contributed by atoms with Crippen molar-refractivity contribution in [3.05, 3.63) is 51.7 Å². The maximum Gasteiger partial charge on any atom is 0.348 e. The molecule has 0 radical (unpaired) electrons. The molecule has 1 atom stereocenters. The second-order valence-electron chi connectivity index (χ2n) is 6.69. The van der Waals surface area contributed by atoms with E-state index in [1.807, 2.05) is 13.8 Å². The van der Waals surface area contributed by atoms with E-state index in [0.29, 0.717) is 10.7 Å². The number of fused-ring (bicyclic) bond motifs is 2. The van der Waals surface area contributed by atoms with Gasteiger partial charge < -0.3 is 9.64 Å². The highest BCUT2D eigenvalue weighted by Gasteiger charge is 2.29. The van der Waals surface area contributed by atoms with Crippen molar-refractivity contribution in [2.75, 3.05) is 19.1 Å². The van der Waals surface area contributed by atoms with Crippen molar-refractivity contribution in [1.82, 2.24) is 9.97 Å². The summed E-state index contributed by atoms with van der Waals surface area (Å²) in [5, 5.41) is 0.952. The molecule has 0 fully saturated rings. The van der Waals surface area contributed by atoms with Crippen molar-refractivity contribution in [3.63, 3.8) is 0 Å². The highest BCUT2D eigenvalue weighted by molar-refractivity contribution is 7.20. The second kappa shape index (κ2) is 6.36. The predicted molar refractivity (Wildman–Crippen MR) is 104 cm³/mol. The van der Waals surface area contributed by atoms with Gasteiger partial charge in [0.1, 0.15) is 21.3 Å². The summed E-state index contributed by atoms with van der Waals surface area (Å²) in [6, 6.07) is 8.88. The molecule has 0 aliphatic heterocycles. The SMILES string of the molecule is COC(=O)c1sc2nc(C)nc(N(C)[C@H]3CCc4ccccc43)c2c1C. The van der Waals surface area contributed by atoms with Gasteiger partial charge in [0.2, 0.25) is 0 Å². The third kappa shape index (κ3) is 2.56. The van der Waals surface area contributed by atoms with Crippen molar-refractivity contribution in [2.45, 2.75) is 32.7 Å². The van der Waals surface area contributed by atoms with Crippen LogP contribution in [0.2, 0.25) is 0 Å². The van der Waals surface area contributed by atoms with Gasteiger partial charge in [-0.3, -0.25) is 0 Å². The lowest BCUT2D eigenvalue weighted by atomic mass is 10.1. The summed E-state index contributed by atoms with van der Waals surface area (Å²) in [6.45, 7) is 3.84. The third-order valence-corrected chi connectivity index (χ3v) is 6.32. The number of hydrogen-bond acceptors (Lipinski definition) is 6. The molecule has 4 rings (SSSR count). The van der Waals surface area contributed by atoms with E-state index >= 15 is 0 Å². The van der Waals surface area contributed by atoms with Crippen LogP contribution in [-0.2, 0) is 11.2 Å². The first-order valence-corrected chi connectivity index (χ1v) is 9.49. The van der Waals surface area contributed by atoms with Gasteiger partial charge in [0, 0.05) is 7.05 Å². The third-order valence-electron chi connectivity index (χ3n) is 5.16. The maximum absolute atomic E-state index is 12.1. The standard InChI is InChI=1S/C20H21N3O2S/c1-11-16-18(21-12(2)22-19(16)26-17(11)20(24)25-4)23(3)15-10-9-13-7-5-6-8-14(13)15/h5-8,15H,9-10H2,1-4H3/t15-/m0/s1. The van der Waals surface area contributed by atoms with Crippen molar-refractivity contribution < 1.29 is 9.53 Å². The number of nitrogens with zero attached hydrogens (tertiary/aromatic N) is 3. The van der Waals surface area contributed by atoms with Crippen LogP contribution >= 0.6 is 11.3 Å². The maximum atomic E-state index is 12.1. The Labute approximate surface area is 156 Å². The Balaban J connectivity index is 1.86. The number of aromatic nitrogens is 2. The number of benzene rings is 1. The fourth-order valence-electron chi connectivity index (χ4n) is 3.85. The van der Waals surface area contributed by atoms with Crippen molar-refractivity contribution >= 4 is 33.3 Å². The molecule has 0 amide bonds. The molecule has 0 unspecified atom stereocenters. The topological polar surface area (TPSA) is 55.3 Å². The van der Waals surface area contributed by atoms with Crippen LogP contribution in [0.15, 0.2) is 24.3 Å². The molecule has 5 nitrogen and oxygen atoms in total. The summed E-state index contributed by atoms with van der Waals surface area (Å²) < 4.78 is 4.93. The number of anilines is 1. The normalized spacial score (nSPS) is 15.9. The highest BCUT2D eigenvalue weighted by Crippen LogP contribution is 2.41. The Morgan fingerprint density at radius 2 is 2.04 bits per heavy atom. The van der Waals surface area contributed by atoms with E-state index in [9.17, 15) is 4.79 Å². The number of aryl methyl sites for hydroxylation is 3. The minimum atomic E-state index is -0.317. The average molecular weight is 367 g/mol. The molecule has 6 heteroatoms. The minimum absolute atomic E-state index is 0.282. The van der Waals surface area contributed by atoms with Crippen LogP contribution in [0.25, 0.3) is 10.2 Å². The predicted octanol–water partition coefficient (Wildman–Crippen LogP) is 4.22. The molecule has 0 saturated carbocycles. The van der Waals surface area contributed by atoms with Gasteiger partial charge in [-0.1, -0.05) is 24.3 Å². The van der Waals surface area contributed by atoms with Crippen LogP contribution < -0.4 is 4.90 Å². The van der Waals surface area contributed by atoms with E-state index in [-0.39, 0.29) is 12.0 Å². The number of hydrogen-bond donors (Lipinski definition) is 0. The zero-order chi connectivity index (χ0) is 18.4. The number of rotatable bonds is 3. The van der Waals surface area contributed by atoms with Crippen LogP contribution in [0.1, 0.15) is 44.6 Å². The molecule has 3 aromatic rings. The first kappa shape index (κ1) is 17.0. The van der Waals surface area contributed by atoms with Crippen molar-refractivity contribution in [2.24, 2.45) is 0 Å². The molecule has 0 N–H and O–H groups in total. The quantitative estimate of drug-likeness (QED) is 0.649. The van der Waals surface area contributed by atoms with Crippen LogP contribution in [0.4, 0.5) is 5.82 Å². The van der Waals surface area contributed by atoms with Gasteiger partial charge in [-0.15, -0.1) is 11.3 Å². The van der Waals surface area contributed by atoms with E-state index in [1.165, 1.54) is 29.6 Å². The number of carbonyl (C=O) groups is 1. The van der Waals surface area contributed by atoms with E-state index < -0.39 is 0 Å². The number of methoxy groups -OCH3 is 1. The summed E-state index contributed by atoms with van der Waals surface area (Å²) in [4.78, 5) is 25.1. The summed E-state index contributed by atoms with van der Waals surface area (Å²) in [6.07, 6.45) is 2.14. The zero-order valence-corrected chi connectivity index (χ0v) is 16.2. The number of carbonyl (C=O) groups excluding carboxylic acids is 1. The molecule has 0 spiro atoms. The summed E-state index contributed by atoms with van der Waals surface area (Å²) >= 11 is 1.38. The molecule has 134 valence electrons. The molecule has 1 aromatic carbocycles. The Morgan fingerprint density at radius 3 is 2.81 bits per heavy atom. The van der Waals surface area contributed by atoms with Crippen LogP contribution in [0.3, 0.4) is 0 Å². The first-order valence-electron chi connectivity index (χ1n) is 8.68. The van der Waals surface area contributed by atoms with Gasteiger partial charge in [-0.2, -0.15) is 0 Å². The lowest BCUT2D eigenvalue weighted by molar-refractivity contribution is 0.0605. The molecule has 1 aliphatic rings. The van der Waals surface area contributed by atoms with Gasteiger partial charge in [0.15, 0.2) is 0 Å². The van der Waals surface area contributed by atoms with E-state index in [1.54, 1.807) is 0 Å². The molecular weight excluding hydrogens is 346 g/mol. The fourth-order valence-corrected chi connectivity index (χ4v) is 4.99. The summed E-state index contributed by atoms with van der Waals surface area (Å²) in [5.74, 6) is 1.28. The molecular formula is C20H21N3O2S. The van der Waals surface area contributed by atoms with E-state index in [4.69, 9.17) is 9.72 Å². The van der Waals surface area contributed by atoms with Crippen LogP contribution in [-0.4, -0.2) is 30.1 Å². The van der Waals surface area contributed by atoms with Crippen molar-refractivity contribution in [1.29, 1.82) is 0 Å². The molecule has 1 aliphatic carbocycles. The Morgan fingerprint density at radius 1 is 1.27 bits per heavy atom. The lowest BCUT2D eigenvalue weighted by Crippen LogP contribution is -2.24. The highest BCUT2D eigenvalue weighted by atomic mass is 32.1. The number of thiophene rings is 1. The van der Waals surface area contributed by atoms with Gasteiger partial charge >= 0.3 is 5.97 Å². The Bertz CT molecular complexity index is 1010. The summed E-state index contributed by atoms with van der Waals surface area (Å²) in [5.41, 5.74) is 3.66. The molecule has 2 heterocycles. The second-order valence-corrected chi connectivity index (χ2v) is 7.69. The number of esters is 1. The lowest BCUT2D eigenvalue weighted by Gasteiger charge is -2.27. The Hall–Kier alpha value is -2.47. The Kier molecular flexibility index (Phi) is 4.15. The average Bonchev–Trinajstić information content (AvgIpc) is 3.21. The van der Waals surface area contributed by atoms with Gasteiger partial charge in [-0.25, -0.2) is 14.8 Å². The smallest absolute Gasteiger partial charge is 0.348 e. The molecule has 0 saturated heterocycles. The fraction of sp³-hybridized carbons (Fsp3) is 0.350. The molecule has 2 aromatic heterocycles. The van der Waals surface area contributed by atoms with Crippen LogP contribution in [0, 0.1) is 13.8 Å². The van der Waals surface area contributed by atoms with Gasteiger partial charge in [0.25, 0.3) is 0 Å². The van der Waals surface area contributed by atoms with Crippen LogP contribution in [0.5, 0.6) is 0 Å². The van der Waals surface area contributed by atoms with Gasteiger partial charge in [-0.05, 0) is 43.4 Å². The number of ether oxygens (including phenoxy) is 1. The first-order chi connectivity index (χ1) is 12.5. The van der Waals surface area contributed by atoms with E-state index in [0.717, 1.165) is 34.4 Å². The molecule has 26 heavy (non-hydrogen) atoms. The zero-order valence-electron chi connectivity index (χ0n) is 15.4. The van der Waals surface area contributed by atoms with Gasteiger partial charge in [0.05, 0.1) is 18.5 Å². The van der Waals surface area contributed by atoms with E-state index in [2.05, 4.69) is 41.2 Å². The summed E-state index contributed by atoms with van der Waals surface area (Å²) in [7, 11) is 3.49. The largest absolute Gasteiger partial charge is 0.465 e. The monoisotopic (exact) mass is 367 g/mol. The minimum Gasteiger partial charge on any atom is -0.465 e. The van der Waals surface area contributed by atoms with Crippen molar-refractivity contribution in [3.8, 4) is 0 Å². The molecule has 0 bridgehead atoms.